The van der Waals surface area contributed by atoms with E-state index in [2.05, 4.69) is 9.84 Å². The van der Waals surface area contributed by atoms with Crippen LogP contribution in [0.5, 0.6) is 0 Å². The van der Waals surface area contributed by atoms with Gasteiger partial charge in [0.05, 0.1) is 18.2 Å². The number of carbonyl (C=O) groups is 1. The summed E-state index contributed by atoms with van der Waals surface area (Å²) < 4.78 is 6.44. The van der Waals surface area contributed by atoms with E-state index in [0.29, 0.717) is 10.7 Å². The van der Waals surface area contributed by atoms with Crippen LogP contribution in [0.2, 0.25) is 5.15 Å². The minimum Gasteiger partial charge on any atom is -0.465 e. The second-order valence-electron chi connectivity index (χ2n) is 3.33. The van der Waals surface area contributed by atoms with Crippen LogP contribution in [0, 0.1) is 0 Å². The lowest BCUT2D eigenvalue weighted by molar-refractivity contribution is 0.0601. The molecular formula is C11H11ClN2O2. The van der Waals surface area contributed by atoms with Gasteiger partial charge in [0.1, 0.15) is 0 Å². The van der Waals surface area contributed by atoms with Crippen LogP contribution < -0.4 is 0 Å². The number of benzene rings is 1. The van der Waals surface area contributed by atoms with Crippen LogP contribution in [0.15, 0.2) is 18.2 Å². The summed E-state index contributed by atoms with van der Waals surface area (Å²) in [4.78, 5) is 11.4. The van der Waals surface area contributed by atoms with Gasteiger partial charge in [-0.25, -0.2) is 4.79 Å². The molecule has 0 spiro atoms. The first kappa shape index (κ1) is 11.0. The Morgan fingerprint density at radius 2 is 2.31 bits per heavy atom. The molecule has 0 unspecified atom stereocenters. The number of ether oxygens (including phenoxy) is 1. The molecule has 0 N–H and O–H groups in total. The molecule has 5 heteroatoms. The first-order valence-electron chi connectivity index (χ1n) is 4.91. The van der Waals surface area contributed by atoms with Crippen molar-refractivity contribution in [2.45, 2.75) is 13.5 Å². The van der Waals surface area contributed by atoms with Gasteiger partial charge < -0.3 is 4.74 Å². The number of hydrogen-bond donors (Lipinski definition) is 0. The Hall–Kier alpha value is -1.55. The molecule has 0 aliphatic heterocycles. The summed E-state index contributed by atoms with van der Waals surface area (Å²) in [6, 6.07) is 5.23. The molecule has 0 saturated carbocycles. The first-order chi connectivity index (χ1) is 7.67. The van der Waals surface area contributed by atoms with Gasteiger partial charge in [0.25, 0.3) is 0 Å². The van der Waals surface area contributed by atoms with Crippen LogP contribution in [-0.2, 0) is 11.3 Å². The van der Waals surface area contributed by atoms with E-state index in [1.807, 2.05) is 13.0 Å². The fraction of sp³-hybridized carbons (Fsp3) is 0.273. The predicted octanol–water partition coefficient (Wildman–Crippen LogP) is 2.50. The van der Waals surface area contributed by atoms with Gasteiger partial charge in [-0.3, -0.25) is 4.68 Å². The van der Waals surface area contributed by atoms with Crippen molar-refractivity contribution in [3.8, 4) is 0 Å². The summed E-state index contributed by atoms with van der Waals surface area (Å²) in [6.45, 7) is 2.72. The highest BCUT2D eigenvalue weighted by Gasteiger charge is 2.11. The Kier molecular flexibility index (Phi) is 2.83. The molecule has 0 radical (unpaired) electrons. The lowest BCUT2D eigenvalue weighted by Crippen LogP contribution is -2.01. The van der Waals surface area contributed by atoms with E-state index >= 15 is 0 Å². The van der Waals surface area contributed by atoms with Crippen LogP contribution in [0.25, 0.3) is 10.9 Å². The molecule has 0 aliphatic rings. The van der Waals surface area contributed by atoms with E-state index in [0.717, 1.165) is 17.4 Å². The predicted molar refractivity (Wildman–Crippen MR) is 61.8 cm³/mol. The van der Waals surface area contributed by atoms with Gasteiger partial charge in [0.15, 0.2) is 5.15 Å². The lowest BCUT2D eigenvalue weighted by Gasteiger charge is -2.00. The summed E-state index contributed by atoms with van der Waals surface area (Å²) >= 11 is 5.99. The fourth-order valence-electron chi connectivity index (χ4n) is 1.63. The topological polar surface area (TPSA) is 44.1 Å². The van der Waals surface area contributed by atoms with Crippen molar-refractivity contribution in [2.24, 2.45) is 0 Å². The fourth-order valence-corrected chi connectivity index (χ4v) is 1.87. The van der Waals surface area contributed by atoms with Crippen LogP contribution in [0.3, 0.4) is 0 Å². The van der Waals surface area contributed by atoms with Crippen molar-refractivity contribution in [3.63, 3.8) is 0 Å². The number of methoxy groups -OCH3 is 1. The quantitative estimate of drug-likeness (QED) is 0.755. The molecule has 4 nitrogen and oxygen atoms in total. The smallest absolute Gasteiger partial charge is 0.337 e. The van der Waals surface area contributed by atoms with Gasteiger partial charge >= 0.3 is 5.97 Å². The van der Waals surface area contributed by atoms with Gasteiger partial charge in [0.2, 0.25) is 0 Å². The second kappa shape index (κ2) is 4.14. The zero-order valence-corrected chi connectivity index (χ0v) is 9.78. The van der Waals surface area contributed by atoms with E-state index in [1.165, 1.54) is 7.11 Å². The summed E-state index contributed by atoms with van der Waals surface area (Å²) in [6.07, 6.45) is 0. The van der Waals surface area contributed by atoms with Gasteiger partial charge in [-0.15, -0.1) is 0 Å². The van der Waals surface area contributed by atoms with Gasteiger partial charge in [-0.05, 0) is 25.1 Å². The molecule has 2 aromatic rings. The van der Waals surface area contributed by atoms with Crippen LogP contribution in [-0.4, -0.2) is 22.9 Å². The van der Waals surface area contributed by atoms with E-state index < -0.39 is 0 Å². The molecule has 0 bridgehead atoms. The summed E-state index contributed by atoms with van der Waals surface area (Å²) in [5.74, 6) is -0.373. The maximum Gasteiger partial charge on any atom is 0.337 e. The van der Waals surface area contributed by atoms with Crippen molar-refractivity contribution >= 4 is 28.5 Å². The number of fused-ring (bicyclic) bond motifs is 1. The van der Waals surface area contributed by atoms with E-state index in [4.69, 9.17) is 11.6 Å². The molecule has 84 valence electrons. The third kappa shape index (κ3) is 1.65. The molecule has 2 rings (SSSR count). The Labute approximate surface area is 97.8 Å². The number of rotatable bonds is 2. The monoisotopic (exact) mass is 238 g/mol. The van der Waals surface area contributed by atoms with Crippen LogP contribution >= 0.6 is 11.6 Å². The normalized spacial score (nSPS) is 10.7. The number of halogens is 1. The zero-order valence-electron chi connectivity index (χ0n) is 9.03. The third-order valence-corrected chi connectivity index (χ3v) is 2.71. The number of carbonyl (C=O) groups excluding carboxylic acids is 1. The highest BCUT2D eigenvalue weighted by atomic mass is 35.5. The molecule has 1 aromatic carbocycles. The van der Waals surface area contributed by atoms with Crippen LogP contribution in [0.1, 0.15) is 17.3 Å². The molecule has 0 atom stereocenters. The minimum absolute atomic E-state index is 0.373. The molecular weight excluding hydrogens is 228 g/mol. The van der Waals surface area contributed by atoms with Gasteiger partial charge in [-0.1, -0.05) is 11.6 Å². The average molecular weight is 239 g/mol. The third-order valence-electron chi connectivity index (χ3n) is 2.43. The van der Waals surface area contributed by atoms with E-state index in [-0.39, 0.29) is 5.97 Å². The number of aromatic nitrogens is 2. The Morgan fingerprint density at radius 3 is 2.94 bits per heavy atom. The van der Waals surface area contributed by atoms with Crippen molar-refractivity contribution in [3.05, 3.63) is 28.9 Å². The number of aryl methyl sites for hydroxylation is 1. The maximum atomic E-state index is 11.4. The minimum atomic E-state index is -0.373. The van der Waals surface area contributed by atoms with E-state index in [9.17, 15) is 4.79 Å². The van der Waals surface area contributed by atoms with Crippen molar-refractivity contribution in [2.75, 3.05) is 7.11 Å². The summed E-state index contributed by atoms with van der Waals surface area (Å²) in [7, 11) is 1.35. The second-order valence-corrected chi connectivity index (χ2v) is 3.69. The summed E-state index contributed by atoms with van der Waals surface area (Å²) in [5, 5.41) is 5.34. The van der Waals surface area contributed by atoms with Crippen molar-refractivity contribution in [1.82, 2.24) is 9.78 Å². The lowest BCUT2D eigenvalue weighted by atomic mass is 10.1. The molecule has 0 amide bonds. The zero-order chi connectivity index (χ0) is 11.7. The number of hydrogen-bond acceptors (Lipinski definition) is 3. The van der Waals surface area contributed by atoms with Gasteiger partial charge in [-0.2, -0.15) is 5.10 Å². The molecule has 16 heavy (non-hydrogen) atoms. The highest BCUT2D eigenvalue weighted by Crippen LogP contribution is 2.24. The number of nitrogens with zero attached hydrogens (tertiary/aromatic N) is 2. The average Bonchev–Trinajstić information content (AvgIpc) is 2.64. The van der Waals surface area contributed by atoms with Crippen LogP contribution in [0.4, 0.5) is 0 Å². The Bertz CT molecular complexity index is 548. The highest BCUT2D eigenvalue weighted by molar-refractivity contribution is 6.34. The molecule has 1 heterocycles. The largest absolute Gasteiger partial charge is 0.465 e. The standard InChI is InChI=1S/C11H11ClN2O2/c1-3-14-9-5-4-7(11(15)16-2)6-8(9)10(12)13-14/h4-6H,3H2,1-2H3. The van der Waals surface area contributed by atoms with Crippen molar-refractivity contribution in [1.29, 1.82) is 0 Å². The molecule has 0 fully saturated rings. The molecule has 1 aromatic heterocycles. The van der Waals surface area contributed by atoms with Gasteiger partial charge in [0, 0.05) is 11.9 Å². The van der Waals surface area contributed by atoms with Crippen molar-refractivity contribution < 1.29 is 9.53 Å². The molecule has 0 aliphatic carbocycles. The molecule has 0 saturated heterocycles. The Balaban J connectivity index is 2.62. The number of esters is 1. The summed E-state index contributed by atoms with van der Waals surface area (Å²) in [5.41, 5.74) is 1.40. The SMILES string of the molecule is CCn1nc(Cl)c2cc(C(=O)OC)ccc21. The first-order valence-corrected chi connectivity index (χ1v) is 5.29. The Morgan fingerprint density at radius 1 is 1.56 bits per heavy atom. The van der Waals surface area contributed by atoms with E-state index in [1.54, 1.807) is 16.8 Å². The maximum absolute atomic E-state index is 11.4.